The molecule has 0 aliphatic carbocycles. The van der Waals surface area contributed by atoms with Crippen molar-refractivity contribution in [2.24, 2.45) is 11.7 Å². The van der Waals surface area contributed by atoms with E-state index in [4.69, 9.17) is 17.3 Å². The standard InChI is InChI=1S/C15H19ClN4/c1-19-9-11(8-17)6-15(19)12-2-3-14(13(16)7-12)20-5-4-18-10-20/h2-5,7,10-11,15H,6,8-9,17H2,1H3. The minimum Gasteiger partial charge on any atom is -0.330 e. The van der Waals surface area contributed by atoms with Crippen LogP contribution in [-0.4, -0.2) is 34.6 Å². The van der Waals surface area contributed by atoms with Gasteiger partial charge in [-0.25, -0.2) is 4.98 Å². The second-order valence-electron chi connectivity index (χ2n) is 5.47. The zero-order valence-electron chi connectivity index (χ0n) is 11.5. The van der Waals surface area contributed by atoms with Crippen LogP contribution < -0.4 is 5.73 Å². The van der Waals surface area contributed by atoms with E-state index in [2.05, 4.69) is 35.1 Å². The molecule has 2 unspecified atom stereocenters. The van der Waals surface area contributed by atoms with Crippen LogP contribution in [0.15, 0.2) is 36.9 Å². The monoisotopic (exact) mass is 290 g/mol. The Labute approximate surface area is 124 Å². The number of nitrogens with two attached hydrogens (primary N) is 1. The van der Waals surface area contributed by atoms with E-state index in [1.54, 1.807) is 12.5 Å². The minimum absolute atomic E-state index is 0.415. The Hall–Kier alpha value is -1.36. The van der Waals surface area contributed by atoms with Crippen LogP contribution in [0.5, 0.6) is 0 Å². The first-order valence-corrected chi connectivity index (χ1v) is 7.25. The summed E-state index contributed by atoms with van der Waals surface area (Å²) in [5, 5.41) is 0.755. The van der Waals surface area contributed by atoms with Crippen LogP contribution in [0.1, 0.15) is 18.0 Å². The Kier molecular flexibility index (Phi) is 3.78. The molecule has 3 rings (SSSR count). The topological polar surface area (TPSA) is 47.1 Å². The normalized spacial score (nSPS) is 23.4. The Bertz CT molecular complexity index is 582. The van der Waals surface area contributed by atoms with E-state index in [0.717, 1.165) is 30.2 Å². The van der Waals surface area contributed by atoms with E-state index in [1.807, 2.05) is 10.8 Å². The van der Waals surface area contributed by atoms with Gasteiger partial charge >= 0.3 is 0 Å². The second kappa shape index (κ2) is 5.56. The van der Waals surface area contributed by atoms with Gasteiger partial charge in [0.25, 0.3) is 0 Å². The maximum Gasteiger partial charge on any atom is 0.0992 e. The molecule has 1 aliphatic heterocycles. The molecule has 4 nitrogen and oxygen atoms in total. The maximum absolute atomic E-state index is 6.43. The number of aromatic nitrogens is 2. The summed E-state index contributed by atoms with van der Waals surface area (Å²) in [7, 11) is 2.15. The van der Waals surface area contributed by atoms with Crippen LogP contribution in [0.4, 0.5) is 0 Å². The second-order valence-corrected chi connectivity index (χ2v) is 5.88. The van der Waals surface area contributed by atoms with E-state index >= 15 is 0 Å². The Morgan fingerprint density at radius 3 is 2.90 bits per heavy atom. The van der Waals surface area contributed by atoms with Crippen molar-refractivity contribution in [3.8, 4) is 5.69 Å². The number of likely N-dealkylation sites (tertiary alicyclic amines) is 1. The summed E-state index contributed by atoms with van der Waals surface area (Å²) in [6, 6.07) is 6.69. The molecule has 106 valence electrons. The molecule has 1 aliphatic rings. The van der Waals surface area contributed by atoms with Crippen LogP contribution >= 0.6 is 11.6 Å². The van der Waals surface area contributed by atoms with Crippen LogP contribution in [-0.2, 0) is 0 Å². The maximum atomic E-state index is 6.43. The molecule has 0 radical (unpaired) electrons. The molecule has 0 bridgehead atoms. The third-order valence-corrected chi connectivity index (χ3v) is 4.41. The summed E-state index contributed by atoms with van der Waals surface area (Å²) in [6.45, 7) is 1.81. The fourth-order valence-electron chi connectivity index (χ4n) is 3.01. The third-order valence-electron chi connectivity index (χ3n) is 4.11. The summed E-state index contributed by atoms with van der Waals surface area (Å²) in [5.41, 5.74) is 8.01. The van der Waals surface area contributed by atoms with Gasteiger partial charge in [0.2, 0.25) is 0 Å². The Morgan fingerprint density at radius 1 is 1.45 bits per heavy atom. The number of nitrogens with zero attached hydrogens (tertiary/aromatic N) is 3. The van der Waals surface area contributed by atoms with Crippen LogP contribution in [0.3, 0.4) is 0 Å². The van der Waals surface area contributed by atoms with Crippen molar-refractivity contribution in [3.63, 3.8) is 0 Å². The number of benzene rings is 1. The molecule has 2 atom stereocenters. The highest BCUT2D eigenvalue weighted by atomic mass is 35.5. The van der Waals surface area contributed by atoms with Gasteiger partial charge in [0, 0.05) is 25.0 Å². The lowest BCUT2D eigenvalue weighted by Gasteiger charge is -2.20. The SMILES string of the molecule is CN1CC(CN)CC1c1ccc(-n2ccnc2)c(Cl)c1. The minimum atomic E-state index is 0.415. The largest absolute Gasteiger partial charge is 0.330 e. The number of imidazole rings is 1. The van der Waals surface area contributed by atoms with Crippen molar-refractivity contribution in [3.05, 3.63) is 47.5 Å². The molecular formula is C15H19ClN4. The lowest BCUT2D eigenvalue weighted by Crippen LogP contribution is -2.20. The first-order valence-electron chi connectivity index (χ1n) is 6.87. The summed E-state index contributed by atoms with van der Waals surface area (Å²) in [5.74, 6) is 0.581. The Balaban J connectivity index is 1.88. The van der Waals surface area contributed by atoms with Crippen molar-refractivity contribution in [2.75, 3.05) is 20.1 Å². The van der Waals surface area contributed by atoms with Crippen molar-refractivity contribution in [2.45, 2.75) is 12.5 Å². The van der Waals surface area contributed by atoms with E-state index in [-0.39, 0.29) is 0 Å². The highest BCUT2D eigenvalue weighted by molar-refractivity contribution is 6.32. The molecule has 5 heteroatoms. The first kappa shape index (κ1) is 13.6. The van der Waals surface area contributed by atoms with Gasteiger partial charge in [0.1, 0.15) is 0 Å². The smallest absolute Gasteiger partial charge is 0.0992 e. The van der Waals surface area contributed by atoms with Crippen LogP contribution in [0, 0.1) is 5.92 Å². The summed E-state index contributed by atoms with van der Waals surface area (Å²) >= 11 is 6.43. The van der Waals surface area contributed by atoms with Gasteiger partial charge in [-0.15, -0.1) is 0 Å². The summed E-state index contributed by atoms with van der Waals surface area (Å²) in [4.78, 5) is 6.42. The van der Waals surface area contributed by atoms with Crippen molar-refractivity contribution in [1.82, 2.24) is 14.5 Å². The molecule has 20 heavy (non-hydrogen) atoms. The number of halogens is 1. The summed E-state index contributed by atoms with van der Waals surface area (Å²) in [6.07, 6.45) is 6.51. The highest BCUT2D eigenvalue weighted by Gasteiger charge is 2.29. The molecule has 1 aromatic heterocycles. The van der Waals surface area contributed by atoms with Gasteiger partial charge in [-0.05, 0) is 43.6 Å². The summed E-state index contributed by atoms with van der Waals surface area (Å²) < 4.78 is 1.92. The molecule has 0 saturated carbocycles. The number of hydrogen-bond acceptors (Lipinski definition) is 3. The van der Waals surface area contributed by atoms with Crippen molar-refractivity contribution in [1.29, 1.82) is 0 Å². The van der Waals surface area contributed by atoms with E-state index < -0.39 is 0 Å². The fourth-order valence-corrected chi connectivity index (χ4v) is 3.29. The average Bonchev–Trinajstić information content (AvgIpc) is 3.07. The zero-order chi connectivity index (χ0) is 14.1. The lowest BCUT2D eigenvalue weighted by atomic mass is 9.99. The van der Waals surface area contributed by atoms with Gasteiger partial charge in [-0.2, -0.15) is 0 Å². The van der Waals surface area contributed by atoms with Crippen molar-refractivity contribution >= 4 is 11.6 Å². The number of rotatable bonds is 3. The molecular weight excluding hydrogens is 272 g/mol. The third kappa shape index (κ3) is 2.46. The van der Waals surface area contributed by atoms with Crippen LogP contribution in [0.25, 0.3) is 5.69 Å². The predicted molar refractivity (Wildman–Crippen MR) is 81.1 cm³/mol. The van der Waals surface area contributed by atoms with E-state index in [1.165, 1.54) is 5.56 Å². The highest BCUT2D eigenvalue weighted by Crippen LogP contribution is 2.35. The first-order chi connectivity index (χ1) is 9.69. The Morgan fingerprint density at radius 2 is 2.30 bits per heavy atom. The molecule has 1 saturated heterocycles. The number of hydrogen-bond donors (Lipinski definition) is 1. The average molecular weight is 291 g/mol. The van der Waals surface area contributed by atoms with Crippen LogP contribution in [0.2, 0.25) is 5.02 Å². The fraction of sp³-hybridized carbons (Fsp3) is 0.400. The molecule has 2 N–H and O–H groups in total. The van der Waals surface area contributed by atoms with Crippen molar-refractivity contribution < 1.29 is 0 Å². The predicted octanol–water partition coefficient (Wildman–Crippen LogP) is 2.48. The van der Waals surface area contributed by atoms with Gasteiger partial charge in [0.15, 0.2) is 0 Å². The van der Waals surface area contributed by atoms with Gasteiger partial charge in [-0.1, -0.05) is 17.7 Å². The molecule has 1 fully saturated rings. The molecule has 0 amide bonds. The lowest BCUT2D eigenvalue weighted by molar-refractivity contribution is 0.313. The van der Waals surface area contributed by atoms with Gasteiger partial charge in [0.05, 0.1) is 17.0 Å². The van der Waals surface area contributed by atoms with E-state index in [0.29, 0.717) is 12.0 Å². The van der Waals surface area contributed by atoms with E-state index in [9.17, 15) is 0 Å². The van der Waals surface area contributed by atoms with Gasteiger partial charge < -0.3 is 10.3 Å². The quantitative estimate of drug-likeness (QED) is 0.945. The molecule has 2 aromatic rings. The zero-order valence-corrected chi connectivity index (χ0v) is 12.3. The molecule has 1 aromatic carbocycles. The molecule has 2 heterocycles. The molecule has 0 spiro atoms. The van der Waals surface area contributed by atoms with Gasteiger partial charge in [-0.3, -0.25) is 4.90 Å².